The molecule has 3 aromatic rings. The lowest BCUT2D eigenvalue weighted by Crippen LogP contribution is -2.23. The average Bonchev–Trinajstić information content (AvgIpc) is 3.03. The molecule has 3 aromatic carbocycles. The van der Waals surface area contributed by atoms with Crippen LogP contribution in [-0.4, -0.2) is 13.7 Å². The highest BCUT2D eigenvalue weighted by molar-refractivity contribution is 7.72. The van der Waals surface area contributed by atoms with E-state index in [2.05, 4.69) is 125 Å². The standard InChI is InChI=1S/C30H37N2OP/c1-7-8-21-33-34(25-16-10-9-11-17-25,31-27-19-14-15-23(2)24(27)3)22-29-30(4,5)26-18-12-13-20-28(26)32(29)6/h9-20,22H,7-8,21H2,1-6H3/b29-22-. The predicted molar refractivity (Wildman–Crippen MR) is 148 cm³/mol. The minimum absolute atomic E-state index is 0.142. The Bertz CT molecular complexity index is 1240. The van der Waals surface area contributed by atoms with Gasteiger partial charge in [-0.2, -0.15) is 0 Å². The quantitative estimate of drug-likeness (QED) is 0.254. The SMILES string of the molecule is CCCCOP(/C=C1\N(C)c2ccccc2C1(C)C)(=Nc1cccc(C)c1C)c1ccccc1. The fraction of sp³-hybridized carbons (Fsp3) is 0.333. The number of hydrogen-bond donors (Lipinski definition) is 0. The van der Waals surface area contributed by atoms with Crippen LogP contribution < -0.4 is 10.2 Å². The molecule has 0 spiro atoms. The topological polar surface area (TPSA) is 24.8 Å². The number of para-hydroxylation sites is 1. The van der Waals surface area contributed by atoms with Gasteiger partial charge in [0.25, 0.3) is 0 Å². The summed E-state index contributed by atoms with van der Waals surface area (Å²) in [6.07, 6.45) is 2.10. The third kappa shape index (κ3) is 4.52. The van der Waals surface area contributed by atoms with Gasteiger partial charge in [-0.1, -0.05) is 87.9 Å². The molecule has 0 N–H and O–H groups in total. The Morgan fingerprint density at radius 2 is 1.65 bits per heavy atom. The zero-order valence-corrected chi connectivity index (χ0v) is 22.3. The molecule has 0 saturated carbocycles. The second-order valence-corrected chi connectivity index (χ2v) is 12.2. The van der Waals surface area contributed by atoms with E-state index < -0.39 is 7.28 Å². The van der Waals surface area contributed by atoms with Gasteiger partial charge in [0.1, 0.15) is 7.28 Å². The first kappa shape index (κ1) is 24.5. The van der Waals surface area contributed by atoms with Crippen LogP contribution >= 0.6 is 7.28 Å². The number of nitrogens with zero attached hydrogens (tertiary/aromatic N) is 2. The minimum Gasteiger partial charge on any atom is -0.347 e. The molecule has 0 aromatic heterocycles. The van der Waals surface area contributed by atoms with Gasteiger partial charge in [-0.3, -0.25) is 0 Å². The zero-order valence-electron chi connectivity index (χ0n) is 21.4. The van der Waals surface area contributed by atoms with Crippen molar-refractivity contribution in [2.75, 3.05) is 18.6 Å². The Morgan fingerprint density at radius 3 is 2.35 bits per heavy atom. The van der Waals surface area contributed by atoms with Gasteiger partial charge < -0.3 is 9.42 Å². The zero-order chi connectivity index (χ0) is 24.3. The molecule has 4 heteroatoms. The van der Waals surface area contributed by atoms with Crippen LogP contribution in [0.2, 0.25) is 0 Å². The van der Waals surface area contributed by atoms with E-state index in [4.69, 9.17) is 9.27 Å². The predicted octanol–water partition coefficient (Wildman–Crippen LogP) is 8.46. The molecule has 4 rings (SSSR count). The van der Waals surface area contributed by atoms with Gasteiger partial charge >= 0.3 is 0 Å². The largest absolute Gasteiger partial charge is 0.347 e. The van der Waals surface area contributed by atoms with Gasteiger partial charge in [-0.15, -0.1) is 0 Å². The first-order valence-electron chi connectivity index (χ1n) is 12.2. The van der Waals surface area contributed by atoms with Crippen LogP contribution in [0.3, 0.4) is 0 Å². The second-order valence-electron chi connectivity index (χ2n) is 9.68. The number of fused-ring (bicyclic) bond motifs is 1. The summed E-state index contributed by atoms with van der Waals surface area (Å²) in [6.45, 7) is 11.8. The number of aryl methyl sites for hydroxylation is 1. The lowest BCUT2D eigenvalue weighted by Gasteiger charge is -2.29. The van der Waals surface area contributed by atoms with E-state index in [1.807, 2.05) is 0 Å². The normalized spacial score (nSPS) is 17.5. The van der Waals surface area contributed by atoms with E-state index in [-0.39, 0.29) is 5.41 Å². The summed E-state index contributed by atoms with van der Waals surface area (Å²) in [4.78, 5) is 2.33. The summed E-state index contributed by atoms with van der Waals surface area (Å²) in [5.74, 6) is 2.37. The lowest BCUT2D eigenvalue weighted by atomic mass is 9.84. The van der Waals surface area contributed by atoms with E-state index in [1.165, 1.54) is 28.1 Å². The van der Waals surface area contributed by atoms with E-state index in [1.54, 1.807) is 0 Å². The Balaban J connectivity index is 2.01. The first-order valence-corrected chi connectivity index (χ1v) is 14.0. The number of anilines is 1. The minimum atomic E-state index is -2.52. The number of rotatable bonds is 7. The molecule has 0 amide bonds. The fourth-order valence-corrected chi connectivity index (χ4v) is 7.67. The summed E-state index contributed by atoms with van der Waals surface area (Å²) in [5.41, 5.74) is 7.18. The molecule has 34 heavy (non-hydrogen) atoms. The van der Waals surface area contributed by atoms with E-state index in [9.17, 15) is 0 Å². The number of likely N-dealkylation sites (N-methyl/N-ethyl adjacent to an activating group) is 1. The van der Waals surface area contributed by atoms with Gasteiger partial charge in [0.2, 0.25) is 0 Å². The maximum absolute atomic E-state index is 6.90. The van der Waals surface area contributed by atoms with Gasteiger partial charge in [0.05, 0.1) is 12.3 Å². The summed E-state index contributed by atoms with van der Waals surface area (Å²) in [7, 11) is -0.351. The van der Waals surface area contributed by atoms with Gasteiger partial charge in [-0.25, -0.2) is 4.74 Å². The molecule has 0 aliphatic carbocycles. The summed E-state index contributed by atoms with van der Waals surface area (Å²) in [5, 5.41) is 1.15. The molecule has 0 radical (unpaired) electrons. The molecule has 1 aliphatic heterocycles. The van der Waals surface area contributed by atoms with Crippen molar-refractivity contribution in [3.63, 3.8) is 0 Å². The molecule has 178 valence electrons. The van der Waals surface area contributed by atoms with Crippen molar-refractivity contribution in [3.8, 4) is 0 Å². The number of unbranched alkanes of at least 4 members (excludes halogenated alkanes) is 1. The number of allylic oxidation sites excluding steroid dienone is 1. The van der Waals surface area contributed by atoms with Crippen LogP contribution in [0, 0.1) is 13.8 Å². The molecule has 0 bridgehead atoms. The van der Waals surface area contributed by atoms with Crippen molar-refractivity contribution < 1.29 is 4.52 Å². The van der Waals surface area contributed by atoms with E-state index in [0.717, 1.165) is 23.8 Å². The van der Waals surface area contributed by atoms with Crippen LogP contribution in [-0.2, 0) is 9.94 Å². The van der Waals surface area contributed by atoms with Crippen molar-refractivity contribution >= 4 is 24.0 Å². The maximum atomic E-state index is 6.90. The van der Waals surface area contributed by atoms with Crippen molar-refractivity contribution in [1.29, 1.82) is 0 Å². The van der Waals surface area contributed by atoms with Gasteiger partial charge in [-0.05, 0) is 49.1 Å². The molecular formula is C30H37N2OP. The van der Waals surface area contributed by atoms with Gasteiger partial charge in [0, 0.05) is 35.0 Å². The Labute approximate surface area is 205 Å². The number of benzene rings is 3. The molecule has 1 unspecified atom stereocenters. The van der Waals surface area contributed by atoms with Crippen molar-refractivity contribution in [2.24, 2.45) is 4.74 Å². The first-order chi connectivity index (χ1) is 16.3. The van der Waals surface area contributed by atoms with E-state index >= 15 is 0 Å². The molecular weight excluding hydrogens is 435 g/mol. The molecule has 1 atom stereocenters. The highest BCUT2D eigenvalue weighted by Gasteiger charge is 2.40. The highest BCUT2D eigenvalue weighted by Crippen LogP contribution is 2.59. The Kier molecular flexibility index (Phi) is 7.17. The molecule has 1 heterocycles. The Morgan fingerprint density at radius 1 is 0.941 bits per heavy atom. The summed E-state index contributed by atoms with van der Waals surface area (Å²) < 4.78 is 12.4. The molecule has 1 aliphatic rings. The maximum Gasteiger partial charge on any atom is 0.143 e. The molecule has 0 fully saturated rings. The second kappa shape index (κ2) is 9.94. The van der Waals surface area contributed by atoms with Crippen LogP contribution in [0.25, 0.3) is 0 Å². The molecule has 0 saturated heterocycles. The monoisotopic (exact) mass is 472 g/mol. The third-order valence-corrected chi connectivity index (χ3v) is 9.70. The smallest absolute Gasteiger partial charge is 0.143 e. The summed E-state index contributed by atoms with van der Waals surface area (Å²) >= 11 is 0. The van der Waals surface area contributed by atoms with E-state index in [0.29, 0.717) is 6.61 Å². The third-order valence-electron chi connectivity index (χ3n) is 6.98. The highest BCUT2D eigenvalue weighted by atomic mass is 31.2. The van der Waals surface area contributed by atoms with Crippen molar-refractivity contribution in [3.05, 3.63) is 101 Å². The average molecular weight is 473 g/mol. The van der Waals surface area contributed by atoms with Gasteiger partial charge in [0.15, 0.2) is 0 Å². The summed E-state index contributed by atoms with van der Waals surface area (Å²) in [6, 6.07) is 25.7. The lowest BCUT2D eigenvalue weighted by molar-refractivity contribution is 0.344. The fourth-order valence-electron chi connectivity index (χ4n) is 4.69. The van der Waals surface area contributed by atoms with Crippen molar-refractivity contribution in [2.45, 2.75) is 52.9 Å². The van der Waals surface area contributed by atoms with Crippen LogP contribution in [0.15, 0.2) is 89.1 Å². The van der Waals surface area contributed by atoms with Crippen molar-refractivity contribution in [1.82, 2.24) is 0 Å². The Hall–Kier alpha value is -2.61. The van der Waals surface area contributed by atoms with Crippen LogP contribution in [0.5, 0.6) is 0 Å². The van der Waals surface area contributed by atoms with Crippen LogP contribution in [0.1, 0.15) is 50.3 Å². The van der Waals surface area contributed by atoms with Crippen LogP contribution in [0.4, 0.5) is 11.4 Å². The number of hydrogen-bond acceptors (Lipinski definition) is 3. The molecule has 3 nitrogen and oxygen atoms in total.